The number of phenols is 1. The van der Waals surface area contributed by atoms with Gasteiger partial charge in [-0.05, 0) is 52.9 Å². The lowest BCUT2D eigenvalue weighted by molar-refractivity contribution is 0.476. The number of rotatable bonds is 3. The number of aromatic hydroxyl groups is 1. The fraction of sp³-hybridized carbons (Fsp3) is 0.125. The van der Waals surface area contributed by atoms with Gasteiger partial charge in [-0.25, -0.2) is 0 Å². The highest BCUT2D eigenvalue weighted by molar-refractivity contribution is 7.17. The molecule has 2 heteroatoms. The lowest BCUT2D eigenvalue weighted by atomic mass is 10.0. The second-order valence-corrected chi connectivity index (χ2v) is 5.34. The highest BCUT2D eigenvalue weighted by atomic mass is 32.1. The zero-order valence-corrected chi connectivity index (χ0v) is 10.8. The van der Waals surface area contributed by atoms with Crippen LogP contribution in [-0.2, 0) is 12.8 Å². The molecule has 90 valence electrons. The number of benzene rings is 2. The van der Waals surface area contributed by atoms with Crippen molar-refractivity contribution < 1.29 is 5.11 Å². The largest absolute Gasteiger partial charge is 0.508 e. The van der Waals surface area contributed by atoms with Crippen LogP contribution in [0.2, 0.25) is 0 Å². The minimum Gasteiger partial charge on any atom is -0.508 e. The first-order valence-electron chi connectivity index (χ1n) is 6.06. The van der Waals surface area contributed by atoms with Gasteiger partial charge in [-0.3, -0.25) is 0 Å². The molecular weight excluding hydrogens is 240 g/mol. The van der Waals surface area contributed by atoms with Crippen LogP contribution < -0.4 is 0 Å². The van der Waals surface area contributed by atoms with Crippen molar-refractivity contribution in [3.05, 3.63) is 65.0 Å². The van der Waals surface area contributed by atoms with Crippen LogP contribution in [0, 0.1) is 0 Å². The fourth-order valence-electron chi connectivity index (χ4n) is 2.19. The summed E-state index contributed by atoms with van der Waals surface area (Å²) in [6.45, 7) is 0. The predicted octanol–water partition coefficient (Wildman–Crippen LogP) is 4.39. The van der Waals surface area contributed by atoms with Crippen molar-refractivity contribution in [3.63, 3.8) is 0 Å². The molecule has 0 atom stereocenters. The summed E-state index contributed by atoms with van der Waals surface area (Å²) in [5, 5.41) is 12.9. The molecule has 2 aromatic carbocycles. The molecule has 0 saturated heterocycles. The van der Waals surface area contributed by atoms with Crippen LogP contribution in [-0.4, -0.2) is 5.11 Å². The molecule has 0 aliphatic rings. The second kappa shape index (κ2) is 4.83. The Hall–Kier alpha value is -1.80. The van der Waals surface area contributed by atoms with E-state index in [0.717, 1.165) is 17.5 Å². The van der Waals surface area contributed by atoms with Crippen LogP contribution in [0.25, 0.3) is 10.1 Å². The van der Waals surface area contributed by atoms with E-state index in [1.54, 1.807) is 17.4 Å². The topological polar surface area (TPSA) is 20.2 Å². The van der Waals surface area contributed by atoms with E-state index < -0.39 is 0 Å². The molecule has 3 aromatic rings. The van der Waals surface area contributed by atoms with Gasteiger partial charge in [0, 0.05) is 4.70 Å². The lowest BCUT2D eigenvalue weighted by Gasteiger charge is -2.01. The van der Waals surface area contributed by atoms with Gasteiger partial charge in [0.1, 0.15) is 5.75 Å². The third-order valence-corrected chi connectivity index (χ3v) is 4.16. The smallest absolute Gasteiger partial charge is 0.117 e. The average Bonchev–Trinajstić information content (AvgIpc) is 2.80. The molecule has 0 unspecified atom stereocenters. The van der Waals surface area contributed by atoms with Gasteiger partial charge in [0.25, 0.3) is 0 Å². The maximum absolute atomic E-state index is 9.45. The van der Waals surface area contributed by atoms with Gasteiger partial charge in [-0.15, -0.1) is 11.3 Å². The Kier molecular flexibility index (Phi) is 3.03. The van der Waals surface area contributed by atoms with Crippen LogP contribution in [0.1, 0.15) is 11.1 Å². The number of fused-ring (bicyclic) bond motifs is 1. The Labute approximate surface area is 110 Å². The van der Waals surface area contributed by atoms with Crippen molar-refractivity contribution in [2.24, 2.45) is 0 Å². The molecule has 1 aromatic heterocycles. The first kappa shape index (κ1) is 11.3. The van der Waals surface area contributed by atoms with Gasteiger partial charge in [-0.2, -0.15) is 0 Å². The molecule has 0 spiro atoms. The van der Waals surface area contributed by atoms with Crippen molar-refractivity contribution in [3.8, 4) is 5.75 Å². The predicted molar refractivity (Wildman–Crippen MR) is 77.3 cm³/mol. The fourth-order valence-corrected chi connectivity index (χ4v) is 3.22. The highest BCUT2D eigenvalue weighted by Gasteiger charge is 2.04. The third-order valence-electron chi connectivity index (χ3n) is 3.17. The number of hydrogen-bond donors (Lipinski definition) is 1. The van der Waals surface area contributed by atoms with Gasteiger partial charge < -0.3 is 5.11 Å². The van der Waals surface area contributed by atoms with Crippen molar-refractivity contribution in [1.82, 2.24) is 0 Å². The molecule has 0 amide bonds. The van der Waals surface area contributed by atoms with Gasteiger partial charge >= 0.3 is 0 Å². The molecule has 0 aliphatic heterocycles. The summed E-state index contributed by atoms with van der Waals surface area (Å²) in [5.74, 6) is 0.346. The molecular formula is C16H14OS. The van der Waals surface area contributed by atoms with Gasteiger partial charge in [0.2, 0.25) is 0 Å². The molecule has 0 saturated carbocycles. The molecule has 18 heavy (non-hydrogen) atoms. The van der Waals surface area contributed by atoms with Crippen LogP contribution in [0.5, 0.6) is 5.75 Å². The monoisotopic (exact) mass is 254 g/mol. The van der Waals surface area contributed by atoms with Crippen LogP contribution in [0.4, 0.5) is 0 Å². The van der Waals surface area contributed by atoms with Gasteiger partial charge in [0.05, 0.1) is 0 Å². The van der Waals surface area contributed by atoms with Gasteiger partial charge in [-0.1, -0.05) is 30.3 Å². The normalized spacial score (nSPS) is 10.9. The van der Waals surface area contributed by atoms with E-state index in [-0.39, 0.29) is 0 Å². The van der Waals surface area contributed by atoms with Crippen molar-refractivity contribution in [2.45, 2.75) is 12.8 Å². The van der Waals surface area contributed by atoms with E-state index in [1.807, 2.05) is 18.2 Å². The first-order valence-corrected chi connectivity index (χ1v) is 6.94. The van der Waals surface area contributed by atoms with Crippen LogP contribution in [0.3, 0.4) is 0 Å². The molecule has 1 nitrogen and oxygen atoms in total. The van der Waals surface area contributed by atoms with Crippen molar-refractivity contribution in [1.29, 1.82) is 0 Å². The summed E-state index contributed by atoms with van der Waals surface area (Å²) in [4.78, 5) is 0. The Bertz CT molecular complexity index is 655. The summed E-state index contributed by atoms with van der Waals surface area (Å²) in [6, 6.07) is 16.2. The minimum atomic E-state index is 0.346. The molecule has 1 heterocycles. The molecule has 0 aliphatic carbocycles. The lowest BCUT2D eigenvalue weighted by Crippen LogP contribution is -1.89. The van der Waals surface area contributed by atoms with E-state index in [4.69, 9.17) is 0 Å². The summed E-state index contributed by atoms with van der Waals surface area (Å²) in [6.07, 6.45) is 2.11. The summed E-state index contributed by atoms with van der Waals surface area (Å²) in [7, 11) is 0. The third kappa shape index (κ3) is 2.24. The Morgan fingerprint density at radius 2 is 1.78 bits per heavy atom. The van der Waals surface area contributed by atoms with E-state index >= 15 is 0 Å². The number of aryl methyl sites for hydroxylation is 2. The number of thiophene rings is 1. The highest BCUT2D eigenvalue weighted by Crippen LogP contribution is 2.29. The van der Waals surface area contributed by atoms with Crippen molar-refractivity contribution >= 4 is 21.4 Å². The number of hydrogen-bond acceptors (Lipinski definition) is 2. The SMILES string of the molecule is Oc1ccc2c(CCc3ccccc3)csc2c1. The van der Waals surface area contributed by atoms with Gasteiger partial charge in [0.15, 0.2) is 0 Å². The zero-order chi connectivity index (χ0) is 12.4. The number of phenolic OH excluding ortho intramolecular Hbond substituents is 1. The standard InChI is InChI=1S/C16H14OS/c17-14-8-9-15-13(11-18-16(15)10-14)7-6-12-4-2-1-3-5-12/h1-5,8-11,17H,6-7H2. The van der Waals surface area contributed by atoms with Crippen molar-refractivity contribution in [2.75, 3.05) is 0 Å². The molecule has 0 fully saturated rings. The molecule has 1 N–H and O–H groups in total. The first-order chi connectivity index (χ1) is 8.83. The summed E-state index contributed by atoms with van der Waals surface area (Å²) in [5.41, 5.74) is 2.74. The quantitative estimate of drug-likeness (QED) is 0.735. The summed E-state index contributed by atoms with van der Waals surface area (Å²) < 4.78 is 1.16. The minimum absolute atomic E-state index is 0.346. The van der Waals surface area contributed by atoms with E-state index in [1.165, 1.54) is 16.5 Å². The van der Waals surface area contributed by atoms with E-state index in [2.05, 4.69) is 29.6 Å². The van der Waals surface area contributed by atoms with E-state index in [0.29, 0.717) is 5.75 Å². The Balaban J connectivity index is 1.83. The van der Waals surface area contributed by atoms with Crippen LogP contribution in [0.15, 0.2) is 53.9 Å². The molecule has 0 radical (unpaired) electrons. The maximum Gasteiger partial charge on any atom is 0.117 e. The average molecular weight is 254 g/mol. The molecule has 3 rings (SSSR count). The molecule has 0 bridgehead atoms. The maximum atomic E-state index is 9.45. The zero-order valence-electron chi connectivity index (χ0n) is 9.97. The second-order valence-electron chi connectivity index (χ2n) is 4.43. The van der Waals surface area contributed by atoms with Crippen LogP contribution >= 0.6 is 11.3 Å². The Morgan fingerprint density at radius 1 is 0.944 bits per heavy atom. The Morgan fingerprint density at radius 3 is 2.61 bits per heavy atom. The van der Waals surface area contributed by atoms with E-state index in [9.17, 15) is 5.11 Å². The summed E-state index contributed by atoms with van der Waals surface area (Å²) >= 11 is 1.70.